The van der Waals surface area contributed by atoms with Crippen LogP contribution in [0.15, 0.2) is 27.4 Å². The molecule has 1 aliphatic rings. The molecule has 7 nitrogen and oxygen atoms in total. The highest BCUT2D eigenvalue weighted by atomic mass is 35.5. The van der Waals surface area contributed by atoms with Crippen molar-refractivity contribution in [3.8, 4) is 5.75 Å². The topological polar surface area (TPSA) is 86.1 Å². The second-order valence-electron chi connectivity index (χ2n) is 6.62. The van der Waals surface area contributed by atoms with E-state index in [1.54, 1.807) is 12.1 Å². The summed E-state index contributed by atoms with van der Waals surface area (Å²) >= 11 is 6.20. The fraction of sp³-hybridized carbons (Fsp3) is 0.421. The number of anilines is 1. The predicted molar refractivity (Wildman–Crippen MR) is 100 cm³/mol. The summed E-state index contributed by atoms with van der Waals surface area (Å²) in [6.45, 7) is 3.53. The van der Waals surface area contributed by atoms with E-state index < -0.39 is 11.6 Å². The number of rotatable bonds is 4. The maximum Gasteiger partial charge on any atom is 0.360 e. The van der Waals surface area contributed by atoms with Gasteiger partial charge in [-0.3, -0.25) is 9.59 Å². The van der Waals surface area contributed by atoms with Crippen LogP contribution in [-0.4, -0.2) is 25.2 Å². The lowest BCUT2D eigenvalue weighted by atomic mass is 10.0. The summed E-state index contributed by atoms with van der Waals surface area (Å²) in [5.74, 6) is 0.0803. The maximum atomic E-state index is 12.5. The average molecular weight is 394 g/mol. The van der Waals surface area contributed by atoms with E-state index in [9.17, 15) is 14.4 Å². The largest absolute Gasteiger partial charge is 0.456 e. The van der Waals surface area contributed by atoms with Gasteiger partial charge in [-0.15, -0.1) is 0 Å². The molecule has 0 spiro atoms. The Kier molecular flexibility index (Phi) is 5.70. The number of benzene rings is 1. The Morgan fingerprint density at radius 2 is 2.07 bits per heavy atom. The summed E-state index contributed by atoms with van der Waals surface area (Å²) in [5.41, 5.74) is -0.119. The van der Waals surface area contributed by atoms with Crippen molar-refractivity contribution in [2.75, 3.05) is 18.2 Å². The van der Waals surface area contributed by atoms with E-state index in [2.05, 4.69) is 6.92 Å². The van der Waals surface area contributed by atoms with Gasteiger partial charge in [0.2, 0.25) is 12.7 Å². The molecule has 1 aromatic heterocycles. The van der Waals surface area contributed by atoms with E-state index in [4.69, 9.17) is 25.5 Å². The van der Waals surface area contributed by atoms with Crippen molar-refractivity contribution in [3.63, 3.8) is 0 Å². The van der Waals surface area contributed by atoms with Gasteiger partial charge in [0.15, 0.2) is 0 Å². The third kappa shape index (κ3) is 4.42. The first-order valence-electron chi connectivity index (χ1n) is 8.69. The molecule has 1 fully saturated rings. The second-order valence-corrected chi connectivity index (χ2v) is 7.02. The van der Waals surface area contributed by atoms with Gasteiger partial charge in [0.25, 0.3) is 0 Å². The number of carbonyl (C=O) groups excluding carboxylic acids is 2. The lowest BCUT2D eigenvalue weighted by molar-refractivity contribution is -0.147. The van der Waals surface area contributed by atoms with Gasteiger partial charge in [0, 0.05) is 31.3 Å². The Bertz CT molecular complexity index is 938. The number of hydrogen-bond donors (Lipinski definition) is 0. The monoisotopic (exact) mass is 393 g/mol. The molecule has 2 aromatic rings. The molecule has 0 saturated carbocycles. The van der Waals surface area contributed by atoms with Crippen molar-refractivity contribution in [2.45, 2.75) is 33.1 Å². The third-order valence-corrected chi connectivity index (χ3v) is 4.83. The Morgan fingerprint density at radius 3 is 2.81 bits per heavy atom. The molecule has 144 valence electrons. The van der Waals surface area contributed by atoms with Crippen LogP contribution < -0.4 is 15.3 Å². The van der Waals surface area contributed by atoms with Crippen LogP contribution in [0.25, 0.3) is 11.0 Å². The summed E-state index contributed by atoms with van der Waals surface area (Å²) < 4.78 is 15.4. The second kappa shape index (κ2) is 8.00. The number of fused-ring (bicyclic) bond motifs is 1. The van der Waals surface area contributed by atoms with Crippen LogP contribution in [0.1, 0.15) is 33.1 Å². The molecule has 3 rings (SSSR count). The zero-order chi connectivity index (χ0) is 19.6. The van der Waals surface area contributed by atoms with Crippen LogP contribution in [0.3, 0.4) is 0 Å². The van der Waals surface area contributed by atoms with E-state index in [0.717, 1.165) is 12.8 Å². The van der Waals surface area contributed by atoms with Gasteiger partial charge in [-0.2, -0.15) is 0 Å². The van der Waals surface area contributed by atoms with Crippen molar-refractivity contribution in [3.05, 3.63) is 33.6 Å². The number of amides is 1. The minimum absolute atomic E-state index is 0.0848. The van der Waals surface area contributed by atoms with Gasteiger partial charge in [0.05, 0.1) is 5.02 Å². The number of carbonyl (C=O) groups is 2. The number of halogens is 1. The minimum Gasteiger partial charge on any atom is -0.456 e. The van der Waals surface area contributed by atoms with Crippen LogP contribution in [0.4, 0.5) is 5.69 Å². The number of hydrogen-bond acceptors (Lipinski definition) is 6. The van der Waals surface area contributed by atoms with Crippen molar-refractivity contribution in [1.82, 2.24) is 0 Å². The van der Waals surface area contributed by atoms with Crippen LogP contribution in [0.5, 0.6) is 5.75 Å². The maximum absolute atomic E-state index is 12.5. The van der Waals surface area contributed by atoms with E-state index in [1.807, 2.05) is 0 Å². The molecule has 2 heterocycles. The Hall–Kier alpha value is -2.54. The molecule has 0 bridgehead atoms. The van der Waals surface area contributed by atoms with Crippen molar-refractivity contribution in [2.24, 2.45) is 5.92 Å². The molecule has 8 heteroatoms. The summed E-state index contributed by atoms with van der Waals surface area (Å²) in [6.07, 6.45) is 2.04. The first-order valence-corrected chi connectivity index (χ1v) is 9.07. The minimum atomic E-state index is -0.598. The van der Waals surface area contributed by atoms with E-state index in [1.165, 1.54) is 17.9 Å². The summed E-state index contributed by atoms with van der Waals surface area (Å²) in [4.78, 5) is 37.2. The SMILES string of the molecule is CC(=O)OCOc1cc2oc(=O)c(N3CCC(C)CCC3=O)cc2cc1Cl. The summed E-state index contributed by atoms with van der Waals surface area (Å²) in [7, 11) is 0. The van der Waals surface area contributed by atoms with Gasteiger partial charge in [-0.25, -0.2) is 4.79 Å². The van der Waals surface area contributed by atoms with Crippen molar-refractivity contribution < 1.29 is 23.5 Å². The van der Waals surface area contributed by atoms with E-state index >= 15 is 0 Å². The predicted octanol–water partition coefficient (Wildman–Crippen LogP) is 3.50. The quantitative estimate of drug-likeness (QED) is 0.449. The van der Waals surface area contributed by atoms with Gasteiger partial charge >= 0.3 is 11.6 Å². The first kappa shape index (κ1) is 19.2. The normalized spacial score (nSPS) is 17.7. The zero-order valence-corrected chi connectivity index (χ0v) is 15.9. The standard InChI is InChI=1S/C19H20ClNO6/c1-11-3-4-18(23)21(6-5-11)15-8-13-7-14(20)17(26-10-25-12(2)22)9-16(13)27-19(15)24/h7-9,11H,3-6,10H2,1-2H3. The van der Waals surface area contributed by atoms with Gasteiger partial charge in [-0.1, -0.05) is 18.5 Å². The molecule has 0 radical (unpaired) electrons. The molecule has 0 N–H and O–H groups in total. The molecule has 27 heavy (non-hydrogen) atoms. The number of nitrogens with zero attached hydrogens (tertiary/aromatic N) is 1. The Labute approximate surface area is 160 Å². The van der Waals surface area contributed by atoms with E-state index in [0.29, 0.717) is 24.3 Å². The van der Waals surface area contributed by atoms with Crippen LogP contribution >= 0.6 is 11.6 Å². The molecule has 1 aliphatic heterocycles. The highest BCUT2D eigenvalue weighted by Crippen LogP contribution is 2.31. The number of ether oxygens (including phenoxy) is 2. The molecule has 1 unspecified atom stereocenters. The average Bonchev–Trinajstić information content (AvgIpc) is 2.77. The zero-order valence-electron chi connectivity index (χ0n) is 15.1. The van der Waals surface area contributed by atoms with Crippen molar-refractivity contribution >= 4 is 40.1 Å². The molecule has 1 atom stereocenters. The lowest BCUT2D eigenvalue weighted by Gasteiger charge is -2.19. The van der Waals surface area contributed by atoms with E-state index in [-0.39, 0.29) is 34.7 Å². The lowest BCUT2D eigenvalue weighted by Crippen LogP contribution is -2.33. The molecule has 1 amide bonds. The van der Waals surface area contributed by atoms with Crippen molar-refractivity contribution in [1.29, 1.82) is 0 Å². The van der Waals surface area contributed by atoms with Gasteiger partial charge in [0.1, 0.15) is 17.0 Å². The number of esters is 1. The van der Waals surface area contributed by atoms with Gasteiger partial charge < -0.3 is 18.8 Å². The fourth-order valence-electron chi connectivity index (χ4n) is 2.96. The van der Waals surface area contributed by atoms with Crippen LogP contribution in [0, 0.1) is 5.92 Å². The first-order chi connectivity index (χ1) is 12.8. The molecular weight excluding hydrogens is 374 g/mol. The molecule has 1 saturated heterocycles. The fourth-order valence-corrected chi connectivity index (χ4v) is 3.19. The summed E-state index contributed by atoms with van der Waals surface area (Å²) in [6, 6.07) is 4.65. The van der Waals surface area contributed by atoms with Crippen LogP contribution in [0.2, 0.25) is 5.02 Å². The third-order valence-electron chi connectivity index (χ3n) is 4.53. The summed E-state index contributed by atoms with van der Waals surface area (Å²) in [5, 5.41) is 0.838. The Morgan fingerprint density at radius 1 is 1.30 bits per heavy atom. The van der Waals surface area contributed by atoms with Gasteiger partial charge in [-0.05, 0) is 30.9 Å². The highest BCUT2D eigenvalue weighted by molar-refractivity contribution is 6.32. The molecular formula is C19H20ClNO6. The molecule has 0 aliphatic carbocycles. The smallest absolute Gasteiger partial charge is 0.360 e. The highest BCUT2D eigenvalue weighted by Gasteiger charge is 2.24. The van der Waals surface area contributed by atoms with Crippen LogP contribution in [-0.2, 0) is 14.3 Å². The Balaban J connectivity index is 1.93. The molecule has 1 aromatic carbocycles.